The van der Waals surface area contributed by atoms with E-state index >= 15 is 0 Å². The first-order valence-corrected chi connectivity index (χ1v) is 8.65. The molecule has 6 heteroatoms. The minimum atomic E-state index is 0.118. The van der Waals surface area contributed by atoms with E-state index in [-0.39, 0.29) is 6.04 Å². The van der Waals surface area contributed by atoms with Crippen molar-refractivity contribution in [2.24, 2.45) is 10.7 Å². The van der Waals surface area contributed by atoms with E-state index in [1.165, 1.54) is 0 Å². The quantitative estimate of drug-likeness (QED) is 0.562. The highest BCUT2D eigenvalue weighted by Crippen LogP contribution is 2.31. The van der Waals surface area contributed by atoms with Gasteiger partial charge in [-0.1, -0.05) is 36.4 Å². The van der Waals surface area contributed by atoms with Gasteiger partial charge in [0, 0.05) is 24.4 Å². The topological polar surface area (TPSA) is 77.5 Å². The molecule has 6 nitrogen and oxygen atoms in total. The van der Waals surface area contributed by atoms with Gasteiger partial charge >= 0.3 is 0 Å². The molecule has 0 fully saturated rings. The number of rotatable bonds is 4. The molecule has 1 aliphatic heterocycles. The Balaban J connectivity index is 1.49. The number of nitrogens with two attached hydrogens (primary N) is 1. The number of hydrogen-bond donors (Lipinski definition) is 2. The van der Waals surface area contributed by atoms with Crippen molar-refractivity contribution in [3.05, 3.63) is 78.4 Å². The van der Waals surface area contributed by atoms with Crippen molar-refractivity contribution in [1.29, 1.82) is 0 Å². The zero-order chi connectivity index (χ0) is 17.8. The Hall–Kier alpha value is -3.28. The van der Waals surface area contributed by atoms with Gasteiger partial charge < -0.3 is 20.4 Å². The number of imidazole rings is 1. The van der Waals surface area contributed by atoms with Crippen LogP contribution in [-0.2, 0) is 6.54 Å². The van der Waals surface area contributed by atoms with Gasteiger partial charge in [0.15, 0.2) is 5.96 Å². The van der Waals surface area contributed by atoms with E-state index in [0.29, 0.717) is 19.1 Å². The average molecular weight is 347 g/mol. The molecule has 0 saturated heterocycles. The summed E-state index contributed by atoms with van der Waals surface area (Å²) >= 11 is 0. The van der Waals surface area contributed by atoms with Gasteiger partial charge in [-0.25, -0.2) is 9.98 Å². The molecular formula is C20H21N5O. The second-order valence-corrected chi connectivity index (χ2v) is 6.17. The first kappa shape index (κ1) is 16.2. The van der Waals surface area contributed by atoms with Gasteiger partial charge in [0.05, 0.1) is 31.2 Å². The zero-order valence-electron chi connectivity index (χ0n) is 14.4. The van der Waals surface area contributed by atoms with E-state index in [0.717, 1.165) is 29.0 Å². The van der Waals surface area contributed by atoms with Crippen LogP contribution in [0, 0.1) is 0 Å². The molecular weight excluding hydrogens is 326 g/mol. The summed E-state index contributed by atoms with van der Waals surface area (Å²) in [5.74, 6) is 1.35. The maximum atomic E-state index is 6.16. The summed E-state index contributed by atoms with van der Waals surface area (Å²) in [5, 5.41) is 3.33. The molecule has 2 heterocycles. The number of aliphatic imine (C=N–C) groups is 1. The minimum absolute atomic E-state index is 0.118. The lowest BCUT2D eigenvalue weighted by Gasteiger charge is -2.27. The molecule has 26 heavy (non-hydrogen) atoms. The minimum Gasteiger partial charge on any atom is -0.493 e. The number of ether oxygens (including phenoxy) is 1. The molecule has 3 aromatic rings. The third kappa shape index (κ3) is 3.39. The van der Waals surface area contributed by atoms with Crippen molar-refractivity contribution in [2.45, 2.75) is 19.0 Å². The standard InChI is InChI=1S/C20H21N5O/c21-20(24-17-9-12-26-19-8-4-2-6-16(17)19)23-13-15-5-1-3-7-18(15)25-11-10-22-14-25/h1-8,10-11,14,17H,9,12-13H2,(H3,21,23,24). The third-order valence-electron chi connectivity index (χ3n) is 4.47. The van der Waals surface area contributed by atoms with Crippen molar-refractivity contribution in [3.8, 4) is 11.4 Å². The van der Waals surface area contributed by atoms with E-state index in [9.17, 15) is 0 Å². The summed E-state index contributed by atoms with van der Waals surface area (Å²) in [6.07, 6.45) is 6.32. The maximum Gasteiger partial charge on any atom is 0.189 e. The van der Waals surface area contributed by atoms with E-state index in [1.54, 1.807) is 12.5 Å². The summed E-state index contributed by atoms with van der Waals surface area (Å²) in [7, 11) is 0. The number of nitrogens with one attached hydrogen (secondary N) is 1. The Morgan fingerprint density at radius 3 is 2.96 bits per heavy atom. The van der Waals surface area contributed by atoms with Crippen LogP contribution < -0.4 is 15.8 Å². The summed E-state index contributed by atoms with van der Waals surface area (Å²) < 4.78 is 7.67. The smallest absolute Gasteiger partial charge is 0.189 e. The molecule has 1 aliphatic rings. The predicted molar refractivity (Wildman–Crippen MR) is 101 cm³/mol. The largest absolute Gasteiger partial charge is 0.493 e. The molecule has 0 radical (unpaired) electrons. The molecule has 2 aromatic carbocycles. The number of hydrogen-bond acceptors (Lipinski definition) is 3. The number of nitrogens with zero attached hydrogens (tertiary/aromatic N) is 3. The monoisotopic (exact) mass is 347 g/mol. The van der Waals surface area contributed by atoms with Crippen LogP contribution in [0.2, 0.25) is 0 Å². The number of aromatic nitrogens is 2. The van der Waals surface area contributed by atoms with Crippen LogP contribution in [0.15, 0.2) is 72.2 Å². The molecule has 0 saturated carbocycles. The van der Waals surface area contributed by atoms with E-state index in [2.05, 4.69) is 27.4 Å². The zero-order valence-corrected chi connectivity index (χ0v) is 14.4. The van der Waals surface area contributed by atoms with Gasteiger partial charge in [-0.15, -0.1) is 0 Å². The summed E-state index contributed by atoms with van der Waals surface area (Å²) in [6.45, 7) is 1.17. The number of para-hydroxylation sites is 2. The van der Waals surface area contributed by atoms with Crippen LogP contribution in [0.4, 0.5) is 0 Å². The first-order chi connectivity index (χ1) is 12.8. The molecule has 0 bridgehead atoms. The Kier molecular flexibility index (Phi) is 4.55. The Morgan fingerprint density at radius 1 is 1.23 bits per heavy atom. The second kappa shape index (κ2) is 7.31. The van der Waals surface area contributed by atoms with Crippen molar-refractivity contribution in [2.75, 3.05) is 6.61 Å². The molecule has 3 N–H and O–H groups in total. The van der Waals surface area contributed by atoms with Crippen molar-refractivity contribution >= 4 is 5.96 Å². The molecule has 1 unspecified atom stereocenters. The van der Waals surface area contributed by atoms with Crippen LogP contribution in [-0.4, -0.2) is 22.1 Å². The van der Waals surface area contributed by atoms with Gasteiger partial charge in [-0.2, -0.15) is 0 Å². The number of fused-ring (bicyclic) bond motifs is 1. The molecule has 0 amide bonds. The lowest BCUT2D eigenvalue weighted by Crippen LogP contribution is -2.37. The van der Waals surface area contributed by atoms with Gasteiger partial charge in [0.25, 0.3) is 0 Å². The molecule has 0 spiro atoms. The summed E-state index contributed by atoms with van der Waals surface area (Å²) in [4.78, 5) is 8.65. The fourth-order valence-electron chi connectivity index (χ4n) is 3.18. The number of guanidine groups is 1. The fourth-order valence-corrected chi connectivity index (χ4v) is 3.18. The lowest BCUT2D eigenvalue weighted by atomic mass is 10.0. The Morgan fingerprint density at radius 2 is 2.08 bits per heavy atom. The number of benzene rings is 2. The average Bonchev–Trinajstić information content (AvgIpc) is 3.21. The SMILES string of the molecule is NC(=NCc1ccccc1-n1ccnc1)NC1CCOc2ccccc21. The molecule has 1 atom stereocenters. The second-order valence-electron chi connectivity index (χ2n) is 6.17. The van der Waals surface area contributed by atoms with E-state index in [1.807, 2.05) is 47.2 Å². The summed E-state index contributed by atoms with van der Waals surface area (Å²) in [5.41, 5.74) is 9.42. The first-order valence-electron chi connectivity index (χ1n) is 8.65. The highest BCUT2D eigenvalue weighted by Gasteiger charge is 2.21. The molecule has 4 rings (SSSR count). The van der Waals surface area contributed by atoms with Crippen molar-refractivity contribution in [1.82, 2.24) is 14.9 Å². The van der Waals surface area contributed by atoms with E-state index in [4.69, 9.17) is 10.5 Å². The van der Waals surface area contributed by atoms with Gasteiger partial charge in [0.2, 0.25) is 0 Å². The van der Waals surface area contributed by atoms with Crippen LogP contribution >= 0.6 is 0 Å². The van der Waals surface area contributed by atoms with Crippen LogP contribution in [0.3, 0.4) is 0 Å². The van der Waals surface area contributed by atoms with Gasteiger partial charge in [0.1, 0.15) is 5.75 Å². The molecule has 132 valence electrons. The fraction of sp³-hybridized carbons (Fsp3) is 0.200. The predicted octanol–water partition coefficient (Wildman–Crippen LogP) is 2.80. The van der Waals surface area contributed by atoms with Crippen LogP contribution in [0.1, 0.15) is 23.6 Å². The normalized spacial score (nSPS) is 16.6. The van der Waals surface area contributed by atoms with Crippen molar-refractivity contribution < 1.29 is 4.74 Å². The molecule has 1 aromatic heterocycles. The van der Waals surface area contributed by atoms with Gasteiger partial charge in [-0.05, 0) is 17.7 Å². The Labute approximate surface area is 152 Å². The summed E-state index contributed by atoms with van der Waals surface area (Å²) in [6, 6.07) is 16.3. The maximum absolute atomic E-state index is 6.16. The van der Waals surface area contributed by atoms with Gasteiger partial charge in [-0.3, -0.25) is 0 Å². The van der Waals surface area contributed by atoms with Crippen molar-refractivity contribution in [3.63, 3.8) is 0 Å². The molecule has 0 aliphatic carbocycles. The highest BCUT2D eigenvalue weighted by molar-refractivity contribution is 5.78. The highest BCUT2D eigenvalue weighted by atomic mass is 16.5. The van der Waals surface area contributed by atoms with Crippen LogP contribution in [0.5, 0.6) is 5.75 Å². The van der Waals surface area contributed by atoms with Crippen LogP contribution in [0.25, 0.3) is 5.69 Å². The Bertz CT molecular complexity index is 904. The van der Waals surface area contributed by atoms with E-state index < -0.39 is 0 Å². The lowest BCUT2D eigenvalue weighted by molar-refractivity contribution is 0.262. The third-order valence-corrected chi connectivity index (χ3v) is 4.47.